The van der Waals surface area contributed by atoms with Gasteiger partial charge in [0.05, 0.1) is 0 Å². The van der Waals surface area contributed by atoms with Crippen molar-refractivity contribution in [3.05, 3.63) is 35.0 Å². The summed E-state index contributed by atoms with van der Waals surface area (Å²) in [5, 5.41) is 1.10. The Balaban J connectivity index is 1.74. The molecule has 0 aliphatic carbocycles. The molecule has 0 bridgehead atoms. The summed E-state index contributed by atoms with van der Waals surface area (Å²) in [6, 6.07) is 5.83. The fourth-order valence-corrected chi connectivity index (χ4v) is 3.27. The standard InChI is InChI=1S/C19H25N3O2/c1-12(2)18(23)21-7-9-22(10-8-21)19(24)15-5-6-17-16(11-15)13(3)14(4)20-17/h5-6,11-12,20H,7-10H2,1-4H3. The van der Waals surface area contributed by atoms with E-state index in [1.54, 1.807) is 0 Å². The van der Waals surface area contributed by atoms with E-state index >= 15 is 0 Å². The molecule has 0 saturated carbocycles. The number of nitrogens with zero attached hydrogens (tertiary/aromatic N) is 2. The summed E-state index contributed by atoms with van der Waals surface area (Å²) >= 11 is 0. The number of carbonyl (C=O) groups is 2. The van der Waals surface area contributed by atoms with E-state index in [4.69, 9.17) is 0 Å². The molecule has 3 rings (SSSR count). The maximum Gasteiger partial charge on any atom is 0.253 e. The third kappa shape index (κ3) is 2.90. The molecular weight excluding hydrogens is 302 g/mol. The van der Waals surface area contributed by atoms with E-state index in [1.807, 2.05) is 48.8 Å². The van der Waals surface area contributed by atoms with Crippen LogP contribution in [0.3, 0.4) is 0 Å². The second-order valence-corrected chi connectivity index (χ2v) is 6.91. The highest BCUT2D eigenvalue weighted by Crippen LogP contribution is 2.23. The molecule has 0 radical (unpaired) electrons. The van der Waals surface area contributed by atoms with E-state index in [1.165, 1.54) is 5.56 Å². The molecule has 1 aromatic carbocycles. The summed E-state index contributed by atoms with van der Waals surface area (Å²) in [5.74, 6) is 0.225. The van der Waals surface area contributed by atoms with Crippen LogP contribution in [-0.2, 0) is 4.79 Å². The smallest absolute Gasteiger partial charge is 0.253 e. The first kappa shape index (κ1) is 16.6. The SMILES string of the molecule is Cc1[nH]c2ccc(C(=O)N3CCN(C(=O)C(C)C)CC3)cc2c1C. The topological polar surface area (TPSA) is 56.4 Å². The lowest BCUT2D eigenvalue weighted by molar-refractivity contribution is -0.135. The molecule has 2 amide bonds. The summed E-state index contributed by atoms with van der Waals surface area (Å²) in [6.45, 7) is 10.4. The van der Waals surface area contributed by atoms with E-state index in [0.717, 1.165) is 16.6 Å². The fourth-order valence-electron chi connectivity index (χ4n) is 3.27. The number of piperazine rings is 1. The number of hydrogen-bond donors (Lipinski definition) is 1. The van der Waals surface area contributed by atoms with Crippen LogP contribution < -0.4 is 0 Å². The zero-order valence-electron chi connectivity index (χ0n) is 14.8. The zero-order valence-corrected chi connectivity index (χ0v) is 14.8. The summed E-state index contributed by atoms with van der Waals surface area (Å²) in [7, 11) is 0. The number of hydrogen-bond acceptors (Lipinski definition) is 2. The molecule has 5 nitrogen and oxygen atoms in total. The minimum atomic E-state index is 0.00876. The van der Waals surface area contributed by atoms with E-state index in [9.17, 15) is 9.59 Å². The van der Waals surface area contributed by atoms with E-state index in [2.05, 4.69) is 11.9 Å². The maximum absolute atomic E-state index is 12.8. The van der Waals surface area contributed by atoms with Gasteiger partial charge in [0, 0.05) is 54.3 Å². The number of amides is 2. The van der Waals surface area contributed by atoms with E-state index < -0.39 is 0 Å². The van der Waals surface area contributed by atoms with Crippen LogP contribution in [-0.4, -0.2) is 52.8 Å². The first-order valence-corrected chi connectivity index (χ1v) is 8.55. The molecule has 1 aliphatic heterocycles. The van der Waals surface area contributed by atoms with Gasteiger partial charge in [-0.1, -0.05) is 13.8 Å². The van der Waals surface area contributed by atoms with Crippen LogP contribution in [0.5, 0.6) is 0 Å². The Labute approximate surface area is 142 Å². The predicted octanol–water partition coefficient (Wildman–Crippen LogP) is 2.73. The van der Waals surface area contributed by atoms with Crippen LogP contribution in [0.1, 0.15) is 35.5 Å². The zero-order chi connectivity index (χ0) is 17.4. The third-order valence-electron chi connectivity index (χ3n) is 4.93. The molecule has 5 heteroatoms. The van der Waals surface area contributed by atoms with Crippen molar-refractivity contribution < 1.29 is 9.59 Å². The Kier molecular flexibility index (Phi) is 4.35. The van der Waals surface area contributed by atoms with Crippen molar-refractivity contribution in [3.8, 4) is 0 Å². The van der Waals surface area contributed by atoms with Gasteiger partial charge in [0.25, 0.3) is 5.91 Å². The monoisotopic (exact) mass is 327 g/mol. The molecule has 2 heterocycles. The van der Waals surface area contributed by atoms with Gasteiger partial charge in [-0.2, -0.15) is 0 Å². The number of carbonyl (C=O) groups excluding carboxylic acids is 2. The van der Waals surface area contributed by atoms with Crippen LogP contribution in [0.25, 0.3) is 10.9 Å². The molecule has 0 spiro atoms. The van der Waals surface area contributed by atoms with E-state index in [-0.39, 0.29) is 17.7 Å². The Morgan fingerprint density at radius 1 is 1.04 bits per heavy atom. The minimum Gasteiger partial charge on any atom is -0.358 e. The van der Waals surface area contributed by atoms with Crippen LogP contribution in [0, 0.1) is 19.8 Å². The van der Waals surface area contributed by atoms with Crippen LogP contribution >= 0.6 is 0 Å². The Hall–Kier alpha value is -2.30. The van der Waals surface area contributed by atoms with Crippen molar-refractivity contribution in [2.24, 2.45) is 5.92 Å². The molecule has 2 aromatic rings. The molecule has 1 aliphatic rings. The van der Waals surface area contributed by atoms with Gasteiger partial charge < -0.3 is 14.8 Å². The van der Waals surface area contributed by atoms with Crippen molar-refractivity contribution in [2.75, 3.05) is 26.2 Å². The van der Waals surface area contributed by atoms with Crippen LogP contribution in [0.2, 0.25) is 0 Å². The van der Waals surface area contributed by atoms with Crippen molar-refractivity contribution in [1.29, 1.82) is 0 Å². The molecule has 1 fully saturated rings. The third-order valence-corrected chi connectivity index (χ3v) is 4.93. The Morgan fingerprint density at radius 2 is 1.67 bits per heavy atom. The largest absolute Gasteiger partial charge is 0.358 e. The van der Waals surface area contributed by atoms with Gasteiger partial charge in [0.1, 0.15) is 0 Å². The molecule has 1 saturated heterocycles. The van der Waals surface area contributed by atoms with E-state index in [0.29, 0.717) is 31.7 Å². The number of H-pyrrole nitrogens is 1. The van der Waals surface area contributed by atoms with Gasteiger partial charge >= 0.3 is 0 Å². The Bertz CT molecular complexity index is 783. The lowest BCUT2D eigenvalue weighted by Gasteiger charge is -2.35. The van der Waals surface area contributed by atoms with Crippen molar-refractivity contribution in [1.82, 2.24) is 14.8 Å². The van der Waals surface area contributed by atoms with Crippen LogP contribution in [0.4, 0.5) is 0 Å². The number of benzene rings is 1. The van der Waals surface area contributed by atoms with Gasteiger partial charge in [0.2, 0.25) is 5.91 Å². The highest BCUT2D eigenvalue weighted by molar-refractivity contribution is 5.99. The second-order valence-electron chi connectivity index (χ2n) is 6.91. The number of nitrogens with one attached hydrogen (secondary N) is 1. The average molecular weight is 327 g/mol. The molecule has 0 atom stereocenters. The number of aromatic amines is 1. The molecular formula is C19H25N3O2. The Morgan fingerprint density at radius 3 is 2.29 bits per heavy atom. The first-order chi connectivity index (χ1) is 11.4. The molecule has 0 unspecified atom stereocenters. The van der Waals surface area contributed by atoms with Gasteiger partial charge in [-0.3, -0.25) is 9.59 Å². The molecule has 128 valence electrons. The second kappa shape index (κ2) is 6.30. The van der Waals surface area contributed by atoms with Gasteiger partial charge in [-0.05, 0) is 37.6 Å². The lowest BCUT2D eigenvalue weighted by atomic mass is 10.1. The minimum absolute atomic E-state index is 0.00876. The number of fused-ring (bicyclic) bond motifs is 1. The summed E-state index contributed by atoms with van der Waals surface area (Å²) in [5.41, 5.74) is 4.10. The molecule has 1 N–H and O–H groups in total. The summed E-state index contributed by atoms with van der Waals surface area (Å²) in [6.07, 6.45) is 0. The quantitative estimate of drug-likeness (QED) is 0.922. The summed E-state index contributed by atoms with van der Waals surface area (Å²) in [4.78, 5) is 31.9. The average Bonchev–Trinajstić information content (AvgIpc) is 2.87. The summed E-state index contributed by atoms with van der Waals surface area (Å²) < 4.78 is 0. The lowest BCUT2D eigenvalue weighted by Crippen LogP contribution is -2.51. The van der Waals surface area contributed by atoms with Crippen molar-refractivity contribution in [3.63, 3.8) is 0 Å². The predicted molar refractivity (Wildman–Crippen MR) is 95.1 cm³/mol. The maximum atomic E-state index is 12.8. The van der Waals surface area contributed by atoms with Crippen molar-refractivity contribution >= 4 is 22.7 Å². The van der Waals surface area contributed by atoms with Crippen LogP contribution in [0.15, 0.2) is 18.2 Å². The normalized spacial score (nSPS) is 15.4. The van der Waals surface area contributed by atoms with Gasteiger partial charge in [0.15, 0.2) is 0 Å². The highest BCUT2D eigenvalue weighted by atomic mass is 16.2. The van der Waals surface area contributed by atoms with Gasteiger partial charge in [-0.15, -0.1) is 0 Å². The van der Waals surface area contributed by atoms with Gasteiger partial charge in [-0.25, -0.2) is 0 Å². The van der Waals surface area contributed by atoms with Crippen molar-refractivity contribution in [2.45, 2.75) is 27.7 Å². The first-order valence-electron chi connectivity index (χ1n) is 8.55. The number of aryl methyl sites for hydroxylation is 2. The molecule has 24 heavy (non-hydrogen) atoms. The number of rotatable bonds is 2. The fraction of sp³-hybridized carbons (Fsp3) is 0.474. The molecule has 1 aromatic heterocycles. The highest BCUT2D eigenvalue weighted by Gasteiger charge is 2.26. The number of aromatic nitrogens is 1.